The number of benzene rings is 1. The summed E-state index contributed by atoms with van der Waals surface area (Å²) in [4.78, 5) is 12.1. The van der Waals surface area contributed by atoms with E-state index in [2.05, 4.69) is 10.6 Å². The first-order valence-corrected chi connectivity index (χ1v) is 7.37. The minimum atomic E-state index is -4.27. The highest BCUT2D eigenvalue weighted by atomic mass is 19.4. The van der Waals surface area contributed by atoms with Gasteiger partial charge in [0.2, 0.25) is 0 Å². The molecule has 1 fully saturated rings. The Bertz CT molecular complexity index is 563. The van der Waals surface area contributed by atoms with Crippen LogP contribution in [0.25, 0.3) is 0 Å². The van der Waals surface area contributed by atoms with Gasteiger partial charge >= 0.3 is 12.1 Å². The average Bonchev–Trinajstić information content (AvgIpc) is 2.53. The van der Waals surface area contributed by atoms with Crippen LogP contribution < -0.4 is 16.4 Å². The molecule has 1 aliphatic heterocycles. The molecule has 0 saturated carbocycles. The smallest absolute Gasteiger partial charge is 0.392 e. The van der Waals surface area contributed by atoms with Crippen LogP contribution in [-0.2, 0) is 11.3 Å². The molecule has 2 rings (SSSR count). The standard InChI is InChI=1S/C15H20F3N3O2/c1-20-12-3-2-9(6-10(12)8-19)14(22)23-13-7-11(4-5-21-13)15(16,17)18/h2-3,6,11,13,20-21H,4-5,7-8,19H2,1H3. The lowest BCUT2D eigenvalue weighted by molar-refractivity contribution is -0.190. The van der Waals surface area contributed by atoms with Gasteiger partial charge in [0.15, 0.2) is 6.23 Å². The summed E-state index contributed by atoms with van der Waals surface area (Å²) in [6.07, 6.45) is -5.49. The summed E-state index contributed by atoms with van der Waals surface area (Å²) in [5.74, 6) is -2.12. The fourth-order valence-corrected chi connectivity index (χ4v) is 2.60. The molecule has 23 heavy (non-hydrogen) atoms. The van der Waals surface area contributed by atoms with E-state index < -0.39 is 24.3 Å². The Morgan fingerprint density at radius 2 is 2.22 bits per heavy atom. The maximum atomic E-state index is 12.8. The number of halogens is 3. The van der Waals surface area contributed by atoms with E-state index in [0.717, 1.165) is 11.3 Å². The molecule has 128 valence electrons. The van der Waals surface area contributed by atoms with Crippen molar-refractivity contribution in [2.75, 3.05) is 18.9 Å². The van der Waals surface area contributed by atoms with Crippen LogP contribution >= 0.6 is 0 Å². The van der Waals surface area contributed by atoms with Crippen LogP contribution in [0.1, 0.15) is 28.8 Å². The Kier molecular flexibility index (Phi) is 5.48. The summed E-state index contributed by atoms with van der Waals surface area (Å²) in [5, 5.41) is 5.74. The minimum absolute atomic E-state index is 0.00820. The number of carbonyl (C=O) groups is 1. The van der Waals surface area contributed by atoms with Crippen molar-refractivity contribution in [3.63, 3.8) is 0 Å². The normalized spacial score (nSPS) is 21.8. The molecule has 8 heteroatoms. The van der Waals surface area contributed by atoms with Gasteiger partial charge in [-0.25, -0.2) is 4.79 Å². The first kappa shape index (κ1) is 17.6. The Balaban J connectivity index is 2.04. The molecule has 1 aromatic rings. The van der Waals surface area contributed by atoms with E-state index in [4.69, 9.17) is 10.5 Å². The summed E-state index contributed by atoms with van der Waals surface area (Å²) in [5.41, 5.74) is 7.40. The highest BCUT2D eigenvalue weighted by molar-refractivity contribution is 5.90. The molecular weight excluding hydrogens is 311 g/mol. The van der Waals surface area contributed by atoms with Gasteiger partial charge in [0.25, 0.3) is 0 Å². The molecule has 1 aliphatic rings. The van der Waals surface area contributed by atoms with E-state index in [1.165, 1.54) is 0 Å². The summed E-state index contributed by atoms with van der Waals surface area (Å²) < 4.78 is 43.5. The third-order valence-electron chi connectivity index (χ3n) is 3.91. The Hall–Kier alpha value is -1.80. The maximum Gasteiger partial charge on any atom is 0.392 e. The zero-order valence-corrected chi connectivity index (χ0v) is 12.7. The van der Waals surface area contributed by atoms with Gasteiger partial charge in [0.05, 0.1) is 11.5 Å². The van der Waals surface area contributed by atoms with Crippen LogP contribution in [0.15, 0.2) is 18.2 Å². The van der Waals surface area contributed by atoms with E-state index in [-0.39, 0.29) is 31.5 Å². The molecule has 2 atom stereocenters. The van der Waals surface area contributed by atoms with Gasteiger partial charge in [-0.05, 0) is 36.7 Å². The van der Waals surface area contributed by atoms with Crippen molar-refractivity contribution in [3.05, 3.63) is 29.3 Å². The molecule has 0 aromatic heterocycles. The molecule has 2 unspecified atom stereocenters. The van der Waals surface area contributed by atoms with Crippen molar-refractivity contribution in [2.24, 2.45) is 11.7 Å². The van der Waals surface area contributed by atoms with Gasteiger partial charge in [-0.15, -0.1) is 0 Å². The van der Waals surface area contributed by atoms with Gasteiger partial charge in [-0.2, -0.15) is 13.2 Å². The predicted molar refractivity (Wildman–Crippen MR) is 79.9 cm³/mol. The number of ether oxygens (including phenoxy) is 1. The number of anilines is 1. The quantitative estimate of drug-likeness (QED) is 0.738. The van der Waals surface area contributed by atoms with E-state index in [1.54, 1.807) is 25.2 Å². The number of piperidine rings is 1. The second kappa shape index (κ2) is 7.18. The number of hydrogen-bond donors (Lipinski definition) is 3. The fourth-order valence-electron chi connectivity index (χ4n) is 2.60. The molecule has 5 nitrogen and oxygen atoms in total. The van der Waals surface area contributed by atoms with Crippen molar-refractivity contribution in [1.29, 1.82) is 0 Å². The number of nitrogens with two attached hydrogens (primary N) is 1. The second-order valence-electron chi connectivity index (χ2n) is 5.44. The summed E-state index contributed by atoms with van der Waals surface area (Å²) >= 11 is 0. The Morgan fingerprint density at radius 1 is 1.48 bits per heavy atom. The number of alkyl halides is 3. The summed E-state index contributed by atoms with van der Waals surface area (Å²) in [6.45, 7) is 0.393. The maximum absolute atomic E-state index is 12.8. The van der Waals surface area contributed by atoms with Gasteiger partial charge in [0, 0.05) is 25.7 Å². The lowest BCUT2D eigenvalue weighted by Crippen LogP contribution is -2.45. The molecule has 0 spiro atoms. The van der Waals surface area contributed by atoms with Crippen LogP contribution in [0.4, 0.5) is 18.9 Å². The zero-order valence-electron chi connectivity index (χ0n) is 12.7. The van der Waals surface area contributed by atoms with E-state index in [1.807, 2.05) is 0 Å². The molecule has 0 aliphatic carbocycles. The second-order valence-corrected chi connectivity index (χ2v) is 5.44. The first-order chi connectivity index (χ1) is 10.8. The third-order valence-corrected chi connectivity index (χ3v) is 3.91. The van der Waals surface area contributed by atoms with E-state index in [0.29, 0.717) is 0 Å². The van der Waals surface area contributed by atoms with Crippen molar-refractivity contribution in [1.82, 2.24) is 5.32 Å². The van der Waals surface area contributed by atoms with Gasteiger partial charge < -0.3 is 15.8 Å². The zero-order chi connectivity index (χ0) is 17.0. The number of nitrogens with one attached hydrogen (secondary N) is 2. The predicted octanol–water partition coefficient (Wildman–Crippen LogP) is 2.23. The number of hydrogen-bond acceptors (Lipinski definition) is 5. The molecule has 1 heterocycles. The molecule has 4 N–H and O–H groups in total. The van der Waals surface area contributed by atoms with Crippen LogP contribution in [0.5, 0.6) is 0 Å². The monoisotopic (exact) mass is 331 g/mol. The molecule has 1 aromatic carbocycles. The number of esters is 1. The van der Waals surface area contributed by atoms with Crippen LogP contribution in [0.3, 0.4) is 0 Å². The van der Waals surface area contributed by atoms with E-state index in [9.17, 15) is 18.0 Å². The lowest BCUT2D eigenvalue weighted by Gasteiger charge is -2.31. The van der Waals surface area contributed by atoms with Crippen molar-refractivity contribution in [2.45, 2.75) is 31.8 Å². The molecule has 1 saturated heterocycles. The third kappa shape index (κ3) is 4.35. The number of rotatable bonds is 4. The minimum Gasteiger partial charge on any atom is -0.443 e. The molecule has 0 bridgehead atoms. The molecule has 0 radical (unpaired) electrons. The van der Waals surface area contributed by atoms with Crippen LogP contribution in [-0.4, -0.2) is 32.0 Å². The largest absolute Gasteiger partial charge is 0.443 e. The Labute approximate surface area is 132 Å². The Morgan fingerprint density at radius 3 is 2.83 bits per heavy atom. The van der Waals surface area contributed by atoms with Gasteiger partial charge in [-0.3, -0.25) is 5.32 Å². The van der Waals surface area contributed by atoms with Crippen LogP contribution in [0.2, 0.25) is 0 Å². The van der Waals surface area contributed by atoms with Gasteiger partial charge in [-0.1, -0.05) is 0 Å². The van der Waals surface area contributed by atoms with Gasteiger partial charge in [0.1, 0.15) is 0 Å². The lowest BCUT2D eigenvalue weighted by atomic mass is 9.96. The fraction of sp³-hybridized carbons (Fsp3) is 0.533. The summed E-state index contributed by atoms with van der Waals surface area (Å²) in [7, 11) is 1.73. The van der Waals surface area contributed by atoms with Crippen molar-refractivity contribution >= 4 is 11.7 Å². The van der Waals surface area contributed by atoms with Crippen molar-refractivity contribution in [3.8, 4) is 0 Å². The van der Waals surface area contributed by atoms with E-state index >= 15 is 0 Å². The topological polar surface area (TPSA) is 76.4 Å². The highest BCUT2D eigenvalue weighted by Crippen LogP contribution is 2.34. The first-order valence-electron chi connectivity index (χ1n) is 7.37. The number of carbonyl (C=O) groups excluding carboxylic acids is 1. The SMILES string of the molecule is CNc1ccc(C(=O)OC2CC(C(F)(F)F)CCN2)cc1CN. The summed E-state index contributed by atoms with van der Waals surface area (Å²) in [6, 6.07) is 4.82. The molecule has 0 amide bonds. The highest BCUT2D eigenvalue weighted by Gasteiger charge is 2.43. The van der Waals surface area contributed by atoms with Crippen LogP contribution in [0, 0.1) is 5.92 Å². The average molecular weight is 331 g/mol. The van der Waals surface area contributed by atoms with Crippen molar-refractivity contribution < 1.29 is 22.7 Å². The molecular formula is C15H20F3N3O2.